The molecule has 20 heavy (non-hydrogen) atoms. The molecule has 0 saturated carbocycles. The number of carbonyl (C=O) groups is 1. The number of hydrogen-bond acceptors (Lipinski definition) is 4. The third kappa shape index (κ3) is 2.78. The van der Waals surface area contributed by atoms with Gasteiger partial charge in [-0.3, -0.25) is 4.79 Å². The summed E-state index contributed by atoms with van der Waals surface area (Å²) in [6.45, 7) is 4.59. The summed E-state index contributed by atoms with van der Waals surface area (Å²) < 4.78 is 5.87. The minimum absolute atomic E-state index is 0.0169. The van der Waals surface area contributed by atoms with E-state index in [2.05, 4.69) is 0 Å². The number of amides is 1. The first kappa shape index (κ1) is 14.8. The Balaban J connectivity index is 2.40. The van der Waals surface area contributed by atoms with E-state index in [1.807, 2.05) is 13.8 Å². The van der Waals surface area contributed by atoms with Gasteiger partial charge in [0, 0.05) is 13.0 Å². The molecule has 2 rings (SSSR count). The quantitative estimate of drug-likeness (QED) is 0.877. The Bertz CT molecular complexity index is 490. The normalized spacial score (nSPS) is 19.2. The highest BCUT2D eigenvalue weighted by atomic mass is 16.5. The summed E-state index contributed by atoms with van der Waals surface area (Å²) in [6.07, 6.45) is 0.589. The minimum Gasteiger partial charge on any atom is -0.486 e. The third-order valence-electron chi connectivity index (χ3n) is 3.62. The summed E-state index contributed by atoms with van der Waals surface area (Å²) in [5, 5.41) is 9.84. The van der Waals surface area contributed by atoms with E-state index < -0.39 is 6.10 Å². The first-order valence-electron chi connectivity index (χ1n) is 7.09. The van der Waals surface area contributed by atoms with Crippen molar-refractivity contribution < 1.29 is 14.6 Å². The van der Waals surface area contributed by atoms with Crippen LogP contribution in [0.5, 0.6) is 5.75 Å². The third-order valence-corrected chi connectivity index (χ3v) is 3.62. The summed E-state index contributed by atoms with van der Waals surface area (Å²) in [5.41, 5.74) is 6.92. The van der Waals surface area contributed by atoms with Crippen molar-refractivity contribution in [3.05, 3.63) is 23.8 Å². The van der Waals surface area contributed by atoms with Crippen LogP contribution in [-0.4, -0.2) is 30.2 Å². The van der Waals surface area contributed by atoms with Crippen LogP contribution in [0.25, 0.3) is 0 Å². The minimum atomic E-state index is -0.720. The van der Waals surface area contributed by atoms with Crippen LogP contribution in [-0.2, 0) is 4.79 Å². The molecular formula is C15H22N2O3. The molecule has 1 amide bonds. The highest BCUT2D eigenvalue weighted by molar-refractivity contribution is 5.95. The molecule has 0 radical (unpaired) electrons. The van der Waals surface area contributed by atoms with Crippen LogP contribution in [0.3, 0.4) is 0 Å². The number of carbonyl (C=O) groups excluding carboxylic acids is 1. The topological polar surface area (TPSA) is 75.8 Å². The van der Waals surface area contributed by atoms with E-state index in [0.29, 0.717) is 24.3 Å². The summed E-state index contributed by atoms with van der Waals surface area (Å²) in [7, 11) is 0. The summed E-state index contributed by atoms with van der Waals surface area (Å²) in [6, 6.07) is 5.40. The molecule has 110 valence electrons. The van der Waals surface area contributed by atoms with Gasteiger partial charge in [-0.15, -0.1) is 0 Å². The molecule has 1 aliphatic rings. The van der Waals surface area contributed by atoms with Crippen LogP contribution in [0.15, 0.2) is 18.2 Å². The largest absolute Gasteiger partial charge is 0.486 e. The van der Waals surface area contributed by atoms with Gasteiger partial charge in [-0.05, 0) is 24.1 Å². The van der Waals surface area contributed by atoms with Gasteiger partial charge in [-0.2, -0.15) is 0 Å². The number of ether oxygens (including phenoxy) is 1. The molecule has 0 spiro atoms. The van der Waals surface area contributed by atoms with Crippen molar-refractivity contribution in [2.45, 2.75) is 38.9 Å². The van der Waals surface area contributed by atoms with Crippen molar-refractivity contribution in [2.75, 3.05) is 18.0 Å². The van der Waals surface area contributed by atoms with Gasteiger partial charge in [0.2, 0.25) is 5.91 Å². The lowest BCUT2D eigenvalue weighted by Gasteiger charge is -2.35. The highest BCUT2D eigenvalue weighted by Gasteiger charge is 2.28. The summed E-state index contributed by atoms with van der Waals surface area (Å²) in [4.78, 5) is 13.9. The van der Waals surface area contributed by atoms with Gasteiger partial charge in [0.25, 0.3) is 0 Å². The maximum absolute atomic E-state index is 12.1. The number of aliphatic hydroxyl groups excluding tert-OH is 1. The van der Waals surface area contributed by atoms with Crippen LogP contribution in [0.2, 0.25) is 0 Å². The molecule has 1 aromatic carbocycles. The second-order valence-corrected chi connectivity index (χ2v) is 4.98. The molecule has 0 bridgehead atoms. The molecule has 0 saturated heterocycles. The Kier molecular flexibility index (Phi) is 4.62. The smallest absolute Gasteiger partial charge is 0.226 e. The van der Waals surface area contributed by atoms with Crippen molar-refractivity contribution in [1.29, 1.82) is 0 Å². The number of anilines is 1. The number of nitrogens with two attached hydrogens (primary N) is 1. The lowest BCUT2D eigenvalue weighted by molar-refractivity contribution is -0.118. The molecule has 0 fully saturated rings. The zero-order valence-corrected chi connectivity index (χ0v) is 12.0. The van der Waals surface area contributed by atoms with Crippen molar-refractivity contribution >= 4 is 11.6 Å². The Labute approximate surface area is 119 Å². The highest BCUT2D eigenvalue weighted by Crippen LogP contribution is 2.36. The van der Waals surface area contributed by atoms with Gasteiger partial charge < -0.3 is 20.5 Å². The molecule has 5 heteroatoms. The van der Waals surface area contributed by atoms with Gasteiger partial charge in [0.15, 0.2) is 0 Å². The predicted octanol–water partition coefficient (Wildman–Crippen LogP) is 1.59. The molecule has 1 aliphatic heterocycles. The zero-order chi connectivity index (χ0) is 14.7. The summed E-state index contributed by atoms with van der Waals surface area (Å²) in [5.74, 6) is 0.755. The van der Waals surface area contributed by atoms with Crippen molar-refractivity contribution in [3.63, 3.8) is 0 Å². The first-order valence-corrected chi connectivity index (χ1v) is 7.09. The Morgan fingerprint density at radius 2 is 2.30 bits per heavy atom. The van der Waals surface area contributed by atoms with Crippen molar-refractivity contribution in [2.24, 2.45) is 5.73 Å². The number of aliphatic hydroxyl groups is 1. The monoisotopic (exact) mass is 278 g/mol. The fourth-order valence-corrected chi connectivity index (χ4v) is 2.35. The fraction of sp³-hybridized carbons (Fsp3) is 0.533. The SMILES string of the molecule is CCC(=O)N1CC(CC)Oc2ccc(C(O)CN)cc21. The van der Waals surface area contributed by atoms with E-state index in [-0.39, 0.29) is 18.6 Å². The van der Waals surface area contributed by atoms with E-state index in [9.17, 15) is 9.90 Å². The second kappa shape index (κ2) is 6.24. The standard InChI is InChI=1S/C15H22N2O3/c1-3-11-9-17(15(19)4-2)12-7-10(13(18)8-16)5-6-14(12)20-11/h5-7,11,13,18H,3-4,8-9,16H2,1-2H3. The average Bonchev–Trinajstić information content (AvgIpc) is 2.51. The van der Waals surface area contributed by atoms with Gasteiger partial charge in [-0.1, -0.05) is 19.9 Å². The number of benzene rings is 1. The van der Waals surface area contributed by atoms with E-state index in [1.54, 1.807) is 23.1 Å². The van der Waals surface area contributed by atoms with E-state index in [4.69, 9.17) is 10.5 Å². The lowest BCUT2D eigenvalue weighted by atomic mass is 10.1. The lowest BCUT2D eigenvalue weighted by Crippen LogP contribution is -2.43. The number of rotatable bonds is 4. The Hall–Kier alpha value is -1.59. The van der Waals surface area contributed by atoms with Crippen LogP contribution >= 0.6 is 0 Å². The fourth-order valence-electron chi connectivity index (χ4n) is 2.35. The zero-order valence-electron chi connectivity index (χ0n) is 12.0. The summed E-state index contributed by atoms with van der Waals surface area (Å²) >= 11 is 0. The molecule has 3 N–H and O–H groups in total. The van der Waals surface area contributed by atoms with Crippen LogP contribution in [0.4, 0.5) is 5.69 Å². The van der Waals surface area contributed by atoms with Gasteiger partial charge >= 0.3 is 0 Å². The van der Waals surface area contributed by atoms with E-state index >= 15 is 0 Å². The van der Waals surface area contributed by atoms with Crippen molar-refractivity contribution in [1.82, 2.24) is 0 Å². The second-order valence-electron chi connectivity index (χ2n) is 4.98. The number of hydrogen-bond donors (Lipinski definition) is 2. The Morgan fingerprint density at radius 3 is 2.90 bits per heavy atom. The number of fused-ring (bicyclic) bond motifs is 1. The average molecular weight is 278 g/mol. The van der Waals surface area contributed by atoms with E-state index in [1.165, 1.54) is 0 Å². The Morgan fingerprint density at radius 1 is 1.55 bits per heavy atom. The molecule has 0 aliphatic carbocycles. The maximum Gasteiger partial charge on any atom is 0.226 e. The predicted molar refractivity (Wildman–Crippen MR) is 77.8 cm³/mol. The van der Waals surface area contributed by atoms with Crippen LogP contribution < -0.4 is 15.4 Å². The number of nitrogens with zero attached hydrogens (tertiary/aromatic N) is 1. The molecule has 1 aromatic rings. The van der Waals surface area contributed by atoms with Crippen LogP contribution in [0, 0.1) is 0 Å². The molecule has 0 aromatic heterocycles. The molecule has 2 unspecified atom stereocenters. The van der Waals surface area contributed by atoms with Gasteiger partial charge in [0.1, 0.15) is 11.9 Å². The van der Waals surface area contributed by atoms with Crippen LogP contribution in [0.1, 0.15) is 38.4 Å². The molecule has 2 atom stereocenters. The molecule has 5 nitrogen and oxygen atoms in total. The first-order chi connectivity index (χ1) is 9.60. The molecule has 1 heterocycles. The maximum atomic E-state index is 12.1. The van der Waals surface area contributed by atoms with Gasteiger partial charge in [-0.25, -0.2) is 0 Å². The van der Waals surface area contributed by atoms with E-state index in [0.717, 1.165) is 12.1 Å². The van der Waals surface area contributed by atoms with Crippen molar-refractivity contribution in [3.8, 4) is 5.75 Å². The van der Waals surface area contributed by atoms with Gasteiger partial charge in [0.05, 0.1) is 18.3 Å². The molecular weight excluding hydrogens is 256 g/mol.